The molecule has 0 spiro atoms. The Morgan fingerprint density at radius 2 is 1.55 bits per heavy atom. The fourth-order valence-corrected chi connectivity index (χ4v) is 6.09. The maximum Gasteiger partial charge on any atom is 0.245 e. The van der Waals surface area contributed by atoms with Crippen molar-refractivity contribution in [1.82, 2.24) is 4.31 Å². The molecule has 3 aromatic carbocycles. The Bertz CT molecular complexity index is 1440. The molecule has 0 aliphatic carbocycles. The molecule has 3 aromatic rings. The number of carbonyl (C=O) groups excluding carboxylic acids is 1. The largest absolute Gasteiger partial charge is 0.489 e. The zero-order valence-electron chi connectivity index (χ0n) is 20.8. The highest BCUT2D eigenvalue weighted by atomic mass is 32.2. The summed E-state index contributed by atoms with van der Waals surface area (Å²) < 4.78 is 63.8. The van der Waals surface area contributed by atoms with E-state index < -0.39 is 32.5 Å². The molecule has 1 amide bonds. The van der Waals surface area contributed by atoms with Gasteiger partial charge in [0.05, 0.1) is 30.1 Å². The van der Waals surface area contributed by atoms with E-state index in [1.165, 1.54) is 28.6 Å². The summed E-state index contributed by atoms with van der Waals surface area (Å²) in [5.41, 5.74) is 1.67. The summed E-state index contributed by atoms with van der Waals surface area (Å²) in [6.45, 7) is 1.05. The predicted octanol–water partition coefficient (Wildman–Crippen LogP) is 2.69. The van der Waals surface area contributed by atoms with Crippen LogP contribution in [0, 0.1) is 0 Å². The first-order valence-electron chi connectivity index (χ1n) is 11.9. The first-order chi connectivity index (χ1) is 18.1. The molecule has 1 aliphatic heterocycles. The predicted molar refractivity (Wildman–Crippen MR) is 144 cm³/mol. The van der Waals surface area contributed by atoms with E-state index in [1.54, 1.807) is 24.3 Å². The Kier molecular flexibility index (Phi) is 8.67. The zero-order chi connectivity index (χ0) is 27.2. The Hall–Kier alpha value is -3.45. The quantitative estimate of drug-likeness (QED) is 0.405. The van der Waals surface area contributed by atoms with E-state index >= 15 is 0 Å². The van der Waals surface area contributed by atoms with Crippen LogP contribution in [-0.4, -0.2) is 66.2 Å². The number of nitrogens with zero attached hydrogens (tertiary/aromatic N) is 2. The van der Waals surface area contributed by atoms with E-state index in [1.807, 2.05) is 30.3 Å². The molecular weight excluding hydrogens is 530 g/mol. The average molecular weight is 560 g/mol. The van der Waals surface area contributed by atoms with Gasteiger partial charge in [-0.3, -0.25) is 9.10 Å². The molecule has 1 N–H and O–H groups in total. The third-order valence-electron chi connectivity index (χ3n) is 5.81. The topological polar surface area (TPSA) is 122 Å². The Morgan fingerprint density at radius 1 is 0.921 bits per heavy atom. The molecule has 10 nitrogen and oxygen atoms in total. The smallest absolute Gasteiger partial charge is 0.245 e. The van der Waals surface area contributed by atoms with Gasteiger partial charge in [-0.2, -0.15) is 4.31 Å². The molecule has 202 valence electrons. The van der Waals surface area contributed by atoms with Crippen molar-refractivity contribution in [3.8, 4) is 5.75 Å². The highest BCUT2D eigenvalue weighted by Crippen LogP contribution is 2.23. The molecule has 1 fully saturated rings. The first-order valence-corrected chi connectivity index (χ1v) is 15.1. The lowest BCUT2D eigenvalue weighted by Crippen LogP contribution is -2.40. The van der Waals surface area contributed by atoms with Crippen molar-refractivity contribution < 1.29 is 31.1 Å². The monoisotopic (exact) mass is 559 g/mol. The van der Waals surface area contributed by atoms with Gasteiger partial charge in [0.25, 0.3) is 0 Å². The second kappa shape index (κ2) is 11.9. The van der Waals surface area contributed by atoms with Gasteiger partial charge >= 0.3 is 0 Å². The van der Waals surface area contributed by atoms with Crippen molar-refractivity contribution in [2.45, 2.75) is 11.5 Å². The van der Waals surface area contributed by atoms with Crippen LogP contribution >= 0.6 is 0 Å². The number of carbonyl (C=O) groups is 1. The molecule has 0 radical (unpaired) electrons. The van der Waals surface area contributed by atoms with Crippen molar-refractivity contribution in [2.75, 3.05) is 48.7 Å². The van der Waals surface area contributed by atoms with E-state index in [2.05, 4.69) is 5.32 Å². The van der Waals surface area contributed by atoms with Gasteiger partial charge in [-0.1, -0.05) is 30.3 Å². The molecule has 38 heavy (non-hydrogen) atoms. The summed E-state index contributed by atoms with van der Waals surface area (Å²) in [5, 5.41) is 2.68. The molecular formula is C26H29N3O7S2. The van der Waals surface area contributed by atoms with Crippen LogP contribution < -0.4 is 14.4 Å². The number of benzene rings is 3. The zero-order valence-corrected chi connectivity index (χ0v) is 22.4. The van der Waals surface area contributed by atoms with Crippen molar-refractivity contribution >= 4 is 37.3 Å². The van der Waals surface area contributed by atoms with Gasteiger partial charge < -0.3 is 14.8 Å². The van der Waals surface area contributed by atoms with Gasteiger partial charge in [0, 0.05) is 18.8 Å². The maximum absolute atomic E-state index is 12.8. The minimum absolute atomic E-state index is 0.0376. The van der Waals surface area contributed by atoms with Crippen LogP contribution in [0.1, 0.15) is 5.56 Å². The van der Waals surface area contributed by atoms with Crippen LogP contribution in [0.5, 0.6) is 5.75 Å². The number of sulfonamides is 2. The third-order valence-corrected chi connectivity index (χ3v) is 8.86. The third kappa shape index (κ3) is 7.10. The highest BCUT2D eigenvalue weighted by Gasteiger charge is 2.27. The second-order valence-electron chi connectivity index (χ2n) is 8.63. The first kappa shape index (κ1) is 27.6. The molecule has 1 saturated heterocycles. The van der Waals surface area contributed by atoms with Gasteiger partial charge in [0.15, 0.2) is 0 Å². The van der Waals surface area contributed by atoms with Crippen LogP contribution in [0.3, 0.4) is 0 Å². The lowest BCUT2D eigenvalue weighted by Gasteiger charge is -2.26. The summed E-state index contributed by atoms with van der Waals surface area (Å²) in [5.74, 6) is 0.0649. The SMILES string of the molecule is CS(=O)(=O)N(CC(=O)Nc1ccc(OCc2ccccc2)cc1)c1ccc(S(=O)(=O)N2CCOCC2)cc1. The van der Waals surface area contributed by atoms with Gasteiger partial charge in [-0.25, -0.2) is 16.8 Å². The van der Waals surface area contributed by atoms with E-state index in [0.29, 0.717) is 31.3 Å². The maximum atomic E-state index is 12.8. The number of amides is 1. The minimum atomic E-state index is -3.84. The number of morpholine rings is 1. The average Bonchev–Trinajstić information content (AvgIpc) is 2.92. The minimum Gasteiger partial charge on any atom is -0.489 e. The summed E-state index contributed by atoms with van der Waals surface area (Å²) in [6, 6.07) is 21.9. The fourth-order valence-electron chi connectivity index (χ4n) is 3.83. The fraction of sp³-hybridized carbons (Fsp3) is 0.269. The van der Waals surface area contributed by atoms with Crippen LogP contribution in [0.2, 0.25) is 0 Å². The standard InChI is InChI=1S/C26H29N3O7S2/c1-37(31,32)29(23-9-13-25(14-10-23)38(33,34)28-15-17-35-18-16-28)19-26(30)27-22-7-11-24(12-8-22)36-20-21-5-3-2-4-6-21/h2-14H,15-20H2,1H3,(H,27,30). The Labute approximate surface area is 222 Å². The van der Waals surface area contributed by atoms with E-state index in [-0.39, 0.29) is 23.7 Å². The number of ether oxygens (including phenoxy) is 2. The van der Waals surface area contributed by atoms with Crippen LogP contribution in [0.25, 0.3) is 0 Å². The Balaban J connectivity index is 1.39. The number of hydrogen-bond acceptors (Lipinski definition) is 7. The molecule has 0 bridgehead atoms. The Morgan fingerprint density at radius 3 is 2.16 bits per heavy atom. The lowest BCUT2D eigenvalue weighted by atomic mass is 10.2. The number of rotatable bonds is 10. The second-order valence-corrected chi connectivity index (χ2v) is 12.5. The summed E-state index contributed by atoms with van der Waals surface area (Å²) in [7, 11) is -7.57. The molecule has 1 aliphatic rings. The van der Waals surface area contributed by atoms with Crippen molar-refractivity contribution in [1.29, 1.82) is 0 Å². The van der Waals surface area contributed by atoms with Gasteiger partial charge in [-0.05, 0) is 54.1 Å². The molecule has 0 saturated carbocycles. The van der Waals surface area contributed by atoms with E-state index in [4.69, 9.17) is 9.47 Å². The summed E-state index contributed by atoms with van der Waals surface area (Å²) >= 11 is 0. The van der Waals surface area contributed by atoms with E-state index in [0.717, 1.165) is 16.1 Å². The molecule has 0 atom stereocenters. The number of anilines is 2. The molecule has 4 rings (SSSR count). The number of hydrogen-bond donors (Lipinski definition) is 1. The molecule has 0 aromatic heterocycles. The normalized spacial score (nSPS) is 14.6. The van der Waals surface area contributed by atoms with E-state index in [9.17, 15) is 21.6 Å². The van der Waals surface area contributed by atoms with Crippen LogP contribution in [-0.2, 0) is 36.2 Å². The van der Waals surface area contributed by atoms with Gasteiger partial charge in [0.1, 0.15) is 18.9 Å². The van der Waals surface area contributed by atoms with Crippen molar-refractivity contribution in [3.63, 3.8) is 0 Å². The molecule has 0 unspecified atom stereocenters. The van der Waals surface area contributed by atoms with Gasteiger partial charge in [0.2, 0.25) is 26.0 Å². The van der Waals surface area contributed by atoms with Gasteiger partial charge in [-0.15, -0.1) is 0 Å². The molecule has 1 heterocycles. The van der Waals surface area contributed by atoms with Crippen LogP contribution in [0.15, 0.2) is 83.8 Å². The van der Waals surface area contributed by atoms with Crippen molar-refractivity contribution in [3.05, 3.63) is 84.4 Å². The summed E-state index contributed by atoms with van der Waals surface area (Å²) in [6.07, 6.45) is 0.984. The summed E-state index contributed by atoms with van der Waals surface area (Å²) in [4.78, 5) is 12.7. The van der Waals surface area contributed by atoms with Crippen molar-refractivity contribution in [2.24, 2.45) is 0 Å². The highest BCUT2D eigenvalue weighted by molar-refractivity contribution is 7.92. The number of nitrogens with one attached hydrogen (secondary N) is 1. The van der Waals surface area contributed by atoms with Crippen LogP contribution in [0.4, 0.5) is 11.4 Å². The molecule has 12 heteroatoms. The lowest BCUT2D eigenvalue weighted by molar-refractivity contribution is -0.114.